The maximum atomic E-state index is 12.5. The van der Waals surface area contributed by atoms with Gasteiger partial charge >= 0.3 is 6.09 Å². The van der Waals surface area contributed by atoms with Crippen LogP contribution in [0.25, 0.3) is 11.2 Å². The van der Waals surface area contributed by atoms with Crippen LogP contribution in [-0.4, -0.2) is 103 Å². The van der Waals surface area contributed by atoms with Crippen LogP contribution in [0.15, 0.2) is 6.33 Å². The van der Waals surface area contributed by atoms with Gasteiger partial charge < -0.3 is 41.0 Å². The van der Waals surface area contributed by atoms with Gasteiger partial charge in [-0.3, -0.25) is 14.2 Å². The second kappa shape index (κ2) is 10.2. The summed E-state index contributed by atoms with van der Waals surface area (Å²) in [5.41, 5.74) is 6.84. The number of nitrogen functional groups attached to an aromatic ring is 1. The van der Waals surface area contributed by atoms with E-state index >= 15 is 0 Å². The smallest absolute Gasteiger partial charge is 0.409 e. The molecule has 0 bridgehead atoms. The number of likely N-dealkylation sites (tertiary alicyclic amines) is 1. The van der Waals surface area contributed by atoms with Crippen molar-refractivity contribution < 1.29 is 34.1 Å². The number of aliphatic hydroxyl groups is 2. The van der Waals surface area contributed by atoms with E-state index in [1.807, 2.05) is 0 Å². The third-order valence-electron chi connectivity index (χ3n) is 7.83. The van der Waals surface area contributed by atoms with Crippen molar-refractivity contribution >= 4 is 34.9 Å². The first-order valence-corrected chi connectivity index (χ1v) is 13.3. The molecule has 2 aromatic heterocycles. The van der Waals surface area contributed by atoms with Gasteiger partial charge in [-0.05, 0) is 31.6 Å². The number of β-lactam (4-membered cyclic amide) rings is 1. The standard InChI is InChI=1S/C24H32N8O7/c25-19-15-20(32(10-27-15)23-17(34)16(33)18(39-23)22(36)28-13-1-2-13)30-14(29-19)7-11-3-5-31(6-4-11)24(37)38-9-12-8-26-21(12)35/h10-13,16-18,23,33-34H,1-9H2,(H,26,35)(H,28,36)(H2,25,29,30)/t12?,16?,17?,18-,23+/m0/s1. The number of nitrogens with two attached hydrogens (primary N) is 1. The minimum absolute atomic E-state index is 0.0849. The molecule has 3 saturated heterocycles. The molecule has 15 heteroatoms. The van der Waals surface area contributed by atoms with Gasteiger partial charge in [-0.1, -0.05) is 0 Å². The van der Waals surface area contributed by atoms with Crippen molar-refractivity contribution in [1.29, 1.82) is 0 Å². The summed E-state index contributed by atoms with van der Waals surface area (Å²) in [7, 11) is 0. The fraction of sp³-hybridized carbons (Fsp3) is 0.667. The SMILES string of the molecule is Nc1nc(CC2CCN(C(=O)OCC3CNC3=O)CC2)nc2c1ncn2[C@@H]1O[C@H](C(=O)NC2CC2)C(O)C1O. The predicted octanol–water partition coefficient (Wildman–Crippen LogP) is -1.56. The van der Waals surface area contributed by atoms with E-state index < -0.39 is 36.5 Å². The van der Waals surface area contributed by atoms with Gasteiger partial charge in [-0.25, -0.2) is 19.7 Å². The average molecular weight is 545 g/mol. The minimum atomic E-state index is -1.41. The zero-order chi connectivity index (χ0) is 27.3. The number of amides is 3. The predicted molar refractivity (Wildman–Crippen MR) is 133 cm³/mol. The fourth-order valence-electron chi connectivity index (χ4n) is 5.19. The lowest BCUT2D eigenvalue weighted by Gasteiger charge is -2.32. The zero-order valence-electron chi connectivity index (χ0n) is 21.2. The third-order valence-corrected chi connectivity index (χ3v) is 7.83. The van der Waals surface area contributed by atoms with Crippen LogP contribution in [-0.2, 0) is 25.5 Å². The molecule has 0 spiro atoms. The monoisotopic (exact) mass is 544 g/mol. The minimum Gasteiger partial charge on any atom is -0.448 e. The second-order valence-electron chi connectivity index (χ2n) is 10.7. The van der Waals surface area contributed by atoms with Crippen molar-refractivity contribution in [3.63, 3.8) is 0 Å². The number of imidazole rings is 1. The summed E-state index contributed by atoms with van der Waals surface area (Å²) in [6.07, 6.45) is -0.385. The van der Waals surface area contributed by atoms with Crippen LogP contribution < -0.4 is 16.4 Å². The van der Waals surface area contributed by atoms with Crippen LogP contribution in [0.5, 0.6) is 0 Å². The number of hydrogen-bond donors (Lipinski definition) is 5. The Morgan fingerprint density at radius 2 is 1.95 bits per heavy atom. The normalized spacial score (nSPS) is 29.2. The van der Waals surface area contributed by atoms with E-state index in [-0.39, 0.29) is 36.2 Å². The molecule has 6 rings (SSSR count). The molecule has 0 aromatic carbocycles. The molecule has 210 valence electrons. The highest BCUT2D eigenvalue weighted by Gasteiger charge is 2.48. The van der Waals surface area contributed by atoms with Gasteiger partial charge in [-0.15, -0.1) is 0 Å². The summed E-state index contributed by atoms with van der Waals surface area (Å²) in [5.74, 6) is 0.0333. The van der Waals surface area contributed by atoms with Gasteiger partial charge in [-0.2, -0.15) is 0 Å². The number of hydrogen-bond acceptors (Lipinski definition) is 11. The van der Waals surface area contributed by atoms with Crippen molar-refractivity contribution in [3.05, 3.63) is 12.2 Å². The summed E-state index contributed by atoms with van der Waals surface area (Å²) in [5, 5.41) is 26.6. The first kappa shape index (κ1) is 25.7. The molecule has 3 amide bonds. The van der Waals surface area contributed by atoms with E-state index in [4.69, 9.17) is 15.2 Å². The number of carbonyl (C=O) groups is 3. The summed E-state index contributed by atoms with van der Waals surface area (Å²) in [4.78, 5) is 51.1. The summed E-state index contributed by atoms with van der Waals surface area (Å²) < 4.78 is 12.5. The molecule has 5 heterocycles. The van der Waals surface area contributed by atoms with Crippen LogP contribution in [0, 0.1) is 11.8 Å². The van der Waals surface area contributed by atoms with E-state index in [0.29, 0.717) is 55.9 Å². The first-order valence-electron chi connectivity index (χ1n) is 13.3. The highest BCUT2D eigenvalue weighted by molar-refractivity contribution is 5.85. The number of carbonyl (C=O) groups excluding carboxylic acids is 3. The molecule has 15 nitrogen and oxygen atoms in total. The molecule has 3 aliphatic heterocycles. The Hall–Kier alpha value is -3.56. The molecule has 4 aliphatic rings. The molecule has 1 saturated carbocycles. The van der Waals surface area contributed by atoms with E-state index in [0.717, 1.165) is 12.8 Å². The topological polar surface area (TPSA) is 207 Å². The average Bonchev–Trinajstić information content (AvgIpc) is 3.55. The quantitative estimate of drug-likeness (QED) is 0.252. The summed E-state index contributed by atoms with van der Waals surface area (Å²) in [6.45, 7) is 1.65. The number of fused-ring (bicyclic) bond motifs is 1. The lowest BCUT2D eigenvalue weighted by molar-refractivity contribution is -0.137. The van der Waals surface area contributed by atoms with Crippen molar-refractivity contribution in [3.8, 4) is 0 Å². The third kappa shape index (κ3) is 5.08. The van der Waals surface area contributed by atoms with E-state index in [1.165, 1.54) is 10.9 Å². The van der Waals surface area contributed by atoms with Crippen molar-refractivity contribution in [2.45, 2.75) is 62.7 Å². The Labute approximate surface area is 223 Å². The Balaban J connectivity index is 1.10. The zero-order valence-corrected chi connectivity index (χ0v) is 21.2. The van der Waals surface area contributed by atoms with Gasteiger partial charge in [0.15, 0.2) is 23.8 Å². The number of aliphatic hydroxyl groups excluding tert-OH is 2. The van der Waals surface area contributed by atoms with Gasteiger partial charge in [0.2, 0.25) is 5.91 Å². The molecule has 39 heavy (non-hydrogen) atoms. The van der Waals surface area contributed by atoms with Crippen LogP contribution in [0.2, 0.25) is 0 Å². The Kier molecular flexibility index (Phi) is 6.72. The Morgan fingerprint density at radius 3 is 2.62 bits per heavy atom. The molecule has 2 aromatic rings. The van der Waals surface area contributed by atoms with E-state index in [9.17, 15) is 24.6 Å². The van der Waals surface area contributed by atoms with Gasteiger partial charge in [0.05, 0.1) is 12.2 Å². The maximum absolute atomic E-state index is 12.5. The maximum Gasteiger partial charge on any atom is 0.409 e. The van der Waals surface area contributed by atoms with Gasteiger partial charge in [0.1, 0.15) is 30.2 Å². The molecular formula is C24H32N8O7. The molecular weight excluding hydrogens is 512 g/mol. The molecule has 5 atom stereocenters. The molecule has 6 N–H and O–H groups in total. The van der Waals surface area contributed by atoms with E-state index in [1.54, 1.807) is 4.90 Å². The number of anilines is 1. The molecule has 4 fully saturated rings. The van der Waals surface area contributed by atoms with Gasteiger partial charge in [0, 0.05) is 32.1 Å². The lowest BCUT2D eigenvalue weighted by atomic mass is 9.93. The van der Waals surface area contributed by atoms with Crippen molar-refractivity contribution in [1.82, 2.24) is 35.1 Å². The highest BCUT2D eigenvalue weighted by atomic mass is 16.6. The number of nitrogens with one attached hydrogen (secondary N) is 2. The van der Waals surface area contributed by atoms with Crippen LogP contribution in [0.1, 0.15) is 37.7 Å². The second-order valence-corrected chi connectivity index (χ2v) is 10.7. The molecule has 1 aliphatic carbocycles. The van der Waals surface area contributed by atoms with Crippen molar-refractivity contribution in [2.24, 2.45) is 11.8 Å². The highest BCUT2D eigenvalue weighted by Crippen LogP contribution is 2.33. The number of nitrogens with zero attached hydrogens (tertiary/aromatic N) is 5. The molecule has 3 unspecified atom stereocenters. The fourth-order valence-corrected chi connectivity index (χ4v) is 5.19. The van der Waals surface area contributed by atoms with Gasteiger partial charge in [0.25, 0.3) is 5.91 Å². The number of aromatic nitrogens is 4. The van der Waals surface area contributed by atoms with Crippen molar-refractivity contribution in [2.75, 3.05) is 32.0 Å². The number of rotatable bonds is 7. The van der Waals surface area contributed by atoms with Crippen LogP contribution >= 0.6 is 0 Å². The van der Waals surface area contributed by atoms with Crippen LogP contribution in [0.4, 0.5) is 10.6 Å². The Morgan fingerprint density at radius 1 is 1.18 bits per heavy atom. The first-order chi connectivity index (χ1) is 18.8. The Bertz CT molecular complexity index is 1270. The number of ether oxygens (including phenoxy) is 2. The number of piperidine rings is 1. The molecule has 0 radical (unpaired) electrons. The van der Waals surface area contributed by atoms with E-state index in [2.05, 4.69) is 25.6 Å². The summed E-state index contributed by atoms with van der Waals surface area (Å²) in [6, 6.07) is 0.0849. The van der Waals surface area contributed by atoms with Crippen LogP contribution in [0.3, 0.4) is 0 Å². The summed E-state index contributed by atoms with van der Waals surface area (Å²) >= 11 is 0. The lowest BCUT2D eigenvalue weighted by Crippen LogP contribution is -2.51. The largest absolute Gasteiger partial charge is 0.448 e.